The SMILES string of the molecule is CC(=NOCc1ccc(-c2ccccc2)cc1)c1ccc(CN2CC(OC(=O)O)C2)cc1. The van der Waals surface area contributed by atoms with Crippen LogP contribution in [0.25, 0.3) is 11.1 Å². The molecular formula is C26H26N2O4. The van der Waals surface area contributed by atoms with E-state index in [1.54, 1.807) is 0 Å². The molecule has 0 amide bonds. The second-order valence-corrected chi connectivity index (χ2v) is 7.91. The van der Waals surface area contributed by atoms with Gasteiger partial charge in [-0.1, -0.05) is 84.0 Å². The molecule has 0 aliphatic carbocycles. The van der Waals surface area contributed by atoms with Crippen LogP contribution in [0.2, 0.25) is 0 Å². The normalized spacial score (nSPS) is 14.6. The van der Waals surface area contributed by atoms with E-state index in [1.165, 1.54) is 11.1 Å². The molecule has 0 bridgehead atoms. The Kier molecular flexibility index (Phi) is 6.82. The van der Waals surface area contributed by atoms with E-state index in [0.29, 0.717) is 19.7 Å². The number of rotatable bonds is 8. The monoisotopic (exact) mass is 430 g/mol. The van der Waals surface area contributed by atoms with Gasteiger partial charge in [0.1, 0.15) is 12.7 Å². The molecule has 3 aromatic rings. The summed E-state index contributed by atoms with van der Waals surface area (Å²) >= 11 is 0. The van der Waals surface area contributed by atoms with Crippen molar-refractivity contribution in [2.24, 2.45) is 5.16 Å². The van der Waals surface area contributed by atoms with Crippen molar-refractivity contribution in [3.05, 3.63) is 95.6 Å². The Morgan fingerprint density at radius 1 is 0.938 bits per heavy atom. The van der Waals surface area contributed by atoms with Crippen LogP contribution in [-0.4, -0.2) is 41.1 Å². The molecule has 1 N–H and O–H groups in total. The predicted octanol–water partition coefficient (Wildman–Crippen LogP) is 5.17. The van der Waals surface area contributed by atoms with Crippen molar-refractivity contribution in [3.63, 3.8) is 0 Å². The Balaban J connectivity index is 1.25. The van der Waals surface area contributed by atoms with Crippen molar-refractivity contribution in [1.29, 1.82) is 0 Å². The van der Waals surface area contributed by atoms with Crippen LogP contribution in [0.15, 0.2) is 84.0 Å². The van der Waals surface area contributed by atoms with Crippen LogP contribution in [0.1, 0.15) is 23.6 Å². The minimum Gasteiger partial charge on any atom is -0.450 e. The van der Waals surface area contributed by atoms with E-state index >= 15 is 0 Å². The lowest BCUT2D eigenvalue weighted by atomic mass is 10.0. The number of ether oxygens (including phenoxy) is 1. The van der Waals surface area contributed by atoms with Crippen molar-refractivity contribution < 1.29 is 19.5 Å². The first-order valence-electron chi connectivity index (χ1n) is 10.6. The van der Waals surface area contributed by atoms with E-state index in [4.69, 9.17) is 14.7 Å². The van der Waals surface area contributed by atoms with Crippen LogP contribution >= 0.6 is 0 Å². The van der Waals surface area contributed by atoms with Gasteiger partial charge in [0.2, 0.25) is 0 Å². The minimum atomic E-state index is -1.21. The minimum absolute atomic E-state index is 0.215. The molecule has 4 rings (SSSR count). The fraction of sp³-hybridized carbons (Fsp3) is 0.231. The Hall–Kier alpha value is -3.64. The lowest BCUT2D eigenvalue weighted by Gasteiger charge is -2.37. The number of carbonyl (C=O) groups is 1. The molecule has 0 atom stereocenters. The number of likely N-dealkylation sites (tertiary alicyclic amines) is 1. The molecule has 32 heavy (non-hydrogen) atoms. The van der Waals surface area contributed by atoms with Crippen LogP contribution in [0.3, 0.4) is 0 Å². The van der Waals surface area contributed by atoms with E-state index in [2.05, 4.69) is 58.6 Å². The maximum absolute atomic E-state index is 10.5. The van der Waals surface area contributed by atoms with Gasteiger partial charge in [-0.2, -0.15) is 0 Å². The first kappa shape index (κ1) is 21.6. The summed E-state index contributed by atoms with van der Waals surface area (Å²) in [6.07, 6.45) is -1.42. The Morgan fingerprint density at radius 3 is 2.22 bits per heavy atom. The fourth-order valence-electron chi connectivity index (χ4n) is 3.66. The van der Waals surface area contributed by atoms with Crippen LogP contribution in [-0.2, 0) is 22.7 Å². The van der Waals surface area contributed by atoms with Crippen molar-refractivity contribution in [3.8, 4) is 11.1 Å². The molecule has 1 saturated heterocycles. The number of nitrogens with zero attached hydrogens (tertiary/aromatic N) is 2. The molecule has 1 fully saturated rings. The molecule has 6 nitrogen and oxygen atoms in total. The number of hydrogen-bond acceptors (Lipinski definition) is 5. The highest BCUT2D eigenvalue weighted by Gasteiger charge is 2.29. The number of carboxylic acid groups (broad SMARTS) is 1. The molecular weight excluding hydrogens is 404 g/mol. The summed E-state index contributed by atoms with van der Waals surface area (Å²) in [4.78, 5) is 18.2. The molecule has 1 aliphatic heterocycles. The van der Waals surface area contributed by atoms with Gasteiger partial charge in [0, 0.05) is 19.6 Å². The zero-order valence-corrected chi connectivity index (χ0v) is 18.0. The van der Waals surface area contributed by atoms with E-state index < -0.39 is 6.16 Å². The van der Waals surface area contributed by atoms with Crippen molar-refractivity contribution >= 4 is 11.9 Å². The molecule has 164 valence electrons. The Labute approximate surface area is 187 Å². The first-order chi connectivity index (χ1) is 15.6. The topological polar surface area (TPSA) is 71.4 Å². The van der Waals surface area contributed by atoms with E-state index in [9.17, 15) is 4.79 Å². The lowest BCUT2D eigenvalue weighted by Crippen LogP contribution is -2.52. The second-order valence-electron chi connectivity index (χ2n) is 7.91. The quantitative estimate of drug-likeness (QED) is 0.303. The average Bonchev–Trinajstić information content (AvgIpc) is 2.79. The van der Waals surface area contributed by atoms with Gasteiger partial charge in [-0.3, -0.25) is 4.90 Å². The average molecular weight is 431 g/mol. The smallest absolute Gasteiger partial charge is 0.450 e. The highest BCUT2D eigenvalue weighted by Crippen LogP contribution is 2.20. The third-order valence-corrected chi connectivity index (χ3v) is 5.46. The molecule has 3 aromatic carbocycles. The maximum atomic E-state index is 10.5. The van der Waals surface area contributed by atoms with Crippen molar-refractivity contribution in [2.75, 3.05) is 13.1 Å². The second kappa shape index (κ2) is 10.1. The summed E-state index contributed by atoms with van der Waals surface area (Å²) in [6.45, 7) is 4.38. The van der Waals surface area contributed by atoms with Crippen LogP contribution in [0.5, 0.6) is 0 Å². The number of benzene rings is 3. The van der Waals surface area contributed by atoms with Crippen molar-refractivity contribution in [1.82, 2.24) is 4.90 Å². The van der Waals surface area contributed by atoms with Crippen LogP contribution in [0.4, 0.5) is 4.79 Å². The molecule has 0 spiro atoms. The Bertz CT molecular complexity index is 1060. The summed E-state index contributed by atoms with van der Waals surface area (Å²) < 4.78 is 4.75. The highest BCUT2D eigenvalue weighted by molar-refractivity contribution is 5.98. The summed E-state index contributed by atoms with van der Waals surface area (Å²) in [5.41, 5.74) is 6.42. The molecule has 0 aromatic heterocycles. The zero-order valence-electron chi connectivity index (χ0n) is 18.0. The standard InChI is InChI=1S/C26H26N2O4/c1-19(22-11-7-20(8-12-22)15-28-16-25(17-28)32-26(29)30)27-31-18-21-9-13-24(14-10-21)23-5-3-2-4-6-23/h2-14,25H,15-18H2,1H3,(H,29,30). The van der Waals surface area contributed by atoms with Gasteiger partial charge in [-0.05, 0) is 34.7 Å². The van der Waals surface area contributed by atoms with Gasteiger partial charge in [-0.25, -0.2) is 4.79 Å². The van der Waals surface area contributed by atoms with Gasteiger partial charge in [-0.15, -0.1) is 0 Å². The highest BCUT2D eigenvalue weighted by atomic mass is 16.7. The maximum Gasteiger partial charge on any atom is 0.506 e. The number of hydrogen-bond donors (Lipinski definition) is 1. The third kappa shape index (κ3) is 5.74. The predicted molar refractivity (Wildman–Crippen MR) is 123 cm³/mol. The van der Waals surface area contributed by atoms with Crippen LogP contribution < -0.4 is 0 Å². The van der Waals surface area contributed by atoms with Gasteiger partial charge in [0.05, 0.1) is 5.71 Å². The van der Waals surface area contributed by atoms with Gasteiger partial charge >= 0.3 is 6.16 Å². The van der Waals surface area contributed by atoms with Crippen LogP contribution in [0, 0.1) is 0 Å². The van der Waals surface area contributed by atoms with Crippen molar-refractivity contribution in [2.45, 2.75) is 26.2 Å². The summed E-state index contributed by atoms with van der Waals surface area (Å²) in [7, 11) is 0. The first-order valence-corrected chi connectivity index (χ1v) is 10.6. The molecule has 1 aliphatic rings. The summed E-state index contributed by atoms with van der Waals surface area (Å²) in [6, 6.07) is 26.8. The molecule has 6 heteroatoms. The Morgan fingerprint density at radius 2 is 1.56 bits per heavy atom. The van der Waals surface area contributed by atoms with Gasteiger partial charge in [0.25, 0.3) is 0 Å². The molecule has 1 heterocycles. The molecule has 0 radical (unpaired) electrons. The van der Waals surface area contributed by atoms with Gasteiger partial charge < -0.3 is 14.7 Å². The third-order valence-electron chi connectivity index (χ3n) is 5.46. The zero-order chi connectivity index (χ0) is 22.3. The largest absolute Gasteiger partial charge is 0.506 e. The van der Waals surface area contributed by atoms with E-state index in [-0.39, 0.29) is 6.10 Å². The summed E-state index contributed by atoms with van der Waals surface area (Å²) in [5, 5.41) is 12.9. The van der Waals surface area contributed by atoms with E-state index in [1.807, 2.05) is 37.3 Å². The molecule has 0 saturated carbocycles. The summed E-state index contributed by atoms with van der Waals surface area (Å²) in [5.74, 6) is 0. The van der Waals surface area contributed by atoms with E-state index in [0.717, 1.165) is 28.9 Å². The van der Waals surface area contributed by atoms with Gasteiger partial charge in [0.15, 0.2) is 0 Å². The molecule has 0 unspecified atom stereocenters. The lowest BCUT2D eigenvalue weighted by molar-refractivity contribution is -0.0363. The fourth-order valence-corrected chi connectivity index (χ4v) is 3.66. The number of oxime groups is 1.